The summed E-state index contributed by atoms with van der Waals surface area (Å²) in [5.74, 6) is -2.33. The maximum absolute atomic E-state index is 11.5. The lowest BCUT2D eigenvalue weighted by Crippen LogP contribution is -2.28. The first-order valence-electron chi connectivity index (χ1n) is 5.07. The molecular weight excluding hydrogens is 232 g/mol. The topological polar surface area (TPSA) is 52.6 Å². The zero-order valence-corrected chi connectivity index (χ0v) is 10.5. The average molecular weight is 249 g/mol. The van der Waals surface area contributed by atoms with Crippen molar-refractivity contribution in [2.24, 2.45) is 5.92 Å². The minimum atomic E-state index is -1.04. The molecule has 16 heavy (non-hydrogen) atoms. The number of methoxy groups -OCH3 is 2. The number of hydrogen-bond acceptors (Lipinski definition) is 4. The Hall–Kier alpha value is -1.03. The molecule has 0 unspecified atom stereocenters. The predicted molar refractivity (Wildman–Crippen MR) is 61.0 cm³/mol. The number of carbonyl (C=O) groups is 2. The van der Waals surface area contributed by atoms with Crippen LogP contribution in [-0.4, -0.2) is 26.2 Å². The van der Waals surface area contributed by atoms with E-state index in [2.05, 4.69) is 9.47 Å². The Kier molecular flexibility index (Phi) is 7.64. The SMILES string of the molecule is CCCC/C(=C\Cl)C(C(=O)OC)C(=O)OC. The van der Waals surface area contributed by atoms with E-state index in [4.69, 9.17) is 11.6 Å². The van der Waals surface area contributed by atoms with E-state index in [0.29, 0.717) is 12.0 Å². The fourth-order valence-electron chi connectivity index (χ4n) is 1.28. The van der Waals surface area contributed by atoms with Gasteiger partial charge in [-0.2, -0.15) is 0 Å². The van der Waals surface area contributed by atoms with Gasteiger partial charge in [0.1, 0.15) is 0 Å². The molecule has 0 aliphatic heterocycles. The summed E-state index contributed by atoms with van der Waals surface area (Å²) >= 11 is 5.62. The Bertz CT molecular complexity index is 257. The number of ether oxygens (including phenoxy) is 2. The lowest BCUT2D eigenvalue weighted by Gasteiger charge is -2.15. The van der Waals surface area contributed by atoms with Crippen molar-refractivity contribution < 1.29 is 19.1 Å². The van der Waals surface area contributed by atoms with Crippen LogP contribution in [-0.2, 0) is 19.1 Å². The molecule has 0 aromatic heterocycles. The molecule has 0 aromatic rings. The third-order valence-electron chi connectivity index (χ3n) is 2.20. The van der Waals surface area contributed by atoms with Gasteiger partial charge >= 0.3 is 11.9 Å². The van der Waals surface area contributed by atoms with Gasteiger partial charge in [0.05, 0.1) is 14.2 Å². The number of halogens is 1. The van der Waals surface area contributed by atoms with Crippen molar-refractivity contribution in [3.8, 4) is 0 Å². The Morgan fingerprint density at radius 1 is 1.25 bits per heavy atom. The highest BCUT2D eigenvalue weighted by molar-refractivity contribution is 6.26. The summed E-state index contributed by atoms with van der Waals surface area (Å²) in [5.41, 5.74) is 1.79. The van der Waals surface area contributed by atoms with Crippen molar-refractivity contribution in [2.45, 2.75) is 26.2 Å². The predicted octanol–water partition coefficient (Wildman–Crippen LogP) is 2.26. The van der Waals surface area contributed by atoms with E-state index in [-0.39, 0.29) is 0 Å². The van der Waals surface area contributed by atoms with Gasteiger partial charge in [-0.05, 0) is 18.4 Å². The molecule has 0 fully saturated rings. The van der Waals surface area contributed by atoms with Crippen LogP contribution in [0.1, 0.15) is 26.2 Å². The van der Waals surface area contributed by atoms with E-state index in [1.165, 1.54) is 19.8 Å². The molecule has 0 aromatic carbocycles. The van der Waals surface area contributed by atoms with E-state index in [9.17, 15) is 9.59 Å². The number of esters is 2. The van der Waals surface area contributed by atoms with Crippen LogP contribution in [0.4, 0.5) is 0 Å². The third-order valence-corrected chi connectivity index (χ3v) is 2.48. The number of carbonyl (C=O) groups excluding carboxylic acids is 2. The number of rotatable bonds is 6. The maximum Gasteiger partial charge on any atom is 0.324 e. The van der Waals surface area contributed by atoms with Crippen LogP contribution < -0.4 is 0 Å². The van der Waals surface area contributed by atoms with Crippen LogP contribution >= 0.6 is 11.6 Å². The Labute approximate surface area is 101 Å². The highest BCUT2D eigenvalue weighted by Crippen LogP contribution is 2.21. The summed E-state index contributed by atoms with van der Waals surface area (Å²) in [5, 5.41) is 0. The van der Waals surface area contributed by atoms with Gasteiger partial charge in [0.15, 0.2) is 5.92 Å². The first-order valence-corrected chi connectivity index (χ1v) is 5.50. The standard InChI is InChI=1S/C11H17ClO4/c1-4-5-6-8(7-12)9(10(13)15-2)11(14)16-3/h7,9H,4-6H2,1-3H3/b8-7+. The molecule has 0 radical (unpaired) electrons. The van der Waals surface area contributed by atoms with Crippen molar-refractivity contribution in [1.82, 2.24) is 0 Å². The molecule has 4 nitrogen and oxygen atoms in total. The second-order valence-corrected chi connectivity index (χ2v) is 3.49. The first-order chi connectivity index (χ1) is 7.62. The van der Waals surface area contributed by atoms with Crippen LogP contribution in [0.2, 0.25) is 0 Å². The summed E-state index contributed by atoms with van der Waals surface area (Å²) in [6.45, 7) is 2.01. The van der Waals surface area contributed by atoms with E-state index in [1.54, 1.807) is 0 Å². The van der Waals surface area contributed by atoms with Gasteiger partial charge < -0.3 is 9.47 Å². The number of unbranched alkanes of at least 4 members (excludes halogenated alkanes) is 1. The highest BCUT2D eigenvalue weighted by atomic mass is 35.5. The molecular formula is C11H17ClO4. The van der Waals surface area contributed by atoms with E-state index < -0.39 is 17.9 Å². The molecule has 0 rings (SSSR count). The van der Waals surface area contributed by atoms with Gasteiger partial charge in [-0.15, -0.1) is 0 Å². The molecule has 0 saturated heterocycles. The summed E-state index contributed by atoms with van der Waals surface area (Å²) in [7, 11) is 2.45. The summed E-state index contributed by atoms with van der Waals surface area (Å²) in [6, 6.07) is 0. The van der Waals surface area contributed by atoms with Gasteiger partial charge in [0.2, 0.25) is 0 Å². The molecule has 0 saturated carbocycles. The molecule has 0 amide bonds. The Balaban J connectivity index is 4.85. The summed E-state index contributed by atoms with van der Waals surface area (Å²) in [6.07, 6.45) is 2.38. The average Bonchev–Trinajstić information content (AvgIpc) is 2.32. The van der Waals surface area contributed by atoms with Crippen LogP contribution in [0.3, 0.4) is 0 Å². The first kappa shape index (κ1) is 15.0. The lowest BCUT2D eigenvalue weighted by molar-refractivity contribution is -0.156. The van der Waals surface area contributed by atoms with Crippen LogP contribution in [0.25, 0.3) is 0 Å². The molecule has 0 spiro atoms. The molecule has 0 bridgehead atoms. The van der Waals surface area contributed by atoms with E-state index in [0.717, 1.165) is 12.8 Å². The van der Waals surface area contributed by atoms with Crippen molar-refractivity contribution >= 4 is 23.5 Å². The minimum absolute atomic E-state index is 0.530. The van der Waals surface area contributed by atoms with E-state index in [1.807, 2.05) is 6.92 Å². The third kappa shape index (κ3) is 4.23. The summed E-state index contributed by atoms with van der Waals surface area (Å²) in [4.78, 5) is 22.9. The molecule has 0 aliphatic rings. The quantitative estimate of drug-likeness (QED) is 0.534. The second-order valence-electron chi connectivity index (χ2n) is 3.27. The fraction of sp³-hybridized carbons (Fsp3) is 0.636. The van der Waals surface area contributed by atoms with Crippen molar-refractivity contribution in [3.05, 3.63) is 11.1 Å². The van der Waals surface area contributed by atoms with Crippen LogP contribution in [0, 0.1) is 5.92 Å². The normalized spacial score (nSPS) is 11.4. The molecule has 0 heterocycles. The largest absolute Gasteiger partial charge is 0.468 e. The Morgan fingerprint density at radius 2 is 1.75 bits per heavy atom. The molecule has 0 aliphatic carbocycles. The second kappa shape index (κ2) is 8.16. The summed E-state index contributed by atoms with van der Waals surface area (Å²) < 4.78 is 9.12. The van der Waals surface area contributed by atoms with Gasteiger partial charge in [0.25, 0.3) is 0 Å². The smallest absolute Gasteiger partial charge is 0.324 e. The zero-order chi connectivity index (χ0) is 12.6. The number of hydrogen-bond donors (Lipinski definition) is 0. The molecule has 0 atom stereocenters. The molecule has 5 heteroatoms. The van der Waals surface area contributed by atoms with Crippen LogP contribution in [0.15, 0.2) is 11.1 Å². The Morgan fingerprint density at radius 3 is 2.06 bits per heavy atom. The zero-order valence-electron chi connectivity index (χ0n) is 9.79. The fourth-order valence-corrected chi connectivity index (χ4v) is 1.51. The monoisotopic (exact) mass is 248 g/mol. The minimum Gasteiger partial charge on any atom is -0.468 e. The van der Waals surface area contributed by atoms with Crippen molar-refractivity contribution in [1.29, 1.82) is 0 Å². The van der Waals surface area contributed by atoms with Crippen molar-refractivity contribution in [2.75, 3.05) is 14.2 Å². The lowest BCUT2D eigenvalue weighted by atomic mass is 9.96. The van der Waals surface area contributed by atoms with Gasteiger partial charge in [-0.3, -0.25) is 9.59 Å². The van der Waals surface area contributed by atoms with Crippen molar-refractivity contribution in [3.63, 3.8) is 0 Å². The van der Waals surface area contributed by atoms with Gasteiger partial charge in [0, 0.05) is 5.54 Å². The molecule has 92 valence electrons. The van der Waals surface area contributed by atoms with E-state index >= 15 is 0 Å². The highest BCUT2D eigenvalue weighted by Gasteiger charge is 2.31. The molecule has 0 N–H and O–H groups in total. The maximum atomic E-state index is 11.5. The van der Waals surface area contributed by atoms with Gasteiger partial charge in [-0.25, -0.2) is 0 Å². The van der Waals surface area contributed by atoms with Crippen LogP contribution in [0.5, 0.6) is 0 Å². The van der Waals surface area contributed by atoms with Gasteiger partial charge in [-0.1, -0.05) is 24.9 Å².